The van der Waals surface area contributed by atoms with Gasteiger partial charge in [0.25, 0.3) is 15.9 Å². The Balaban J connectivity index is 1.36. The molecular formula is C22H24ClN6O4S2+. The molecule has 0 saturated carbocycles. The zero-order valence-corrected chi connectivity index (χ0v) is 21.2. The standard InChI is InChI=1S/C22H23ClN6O4S2/c1-27-5-4-17-18(12-27)34-21(26-17)22(31)29-7-6-28(11-15(29)10-19(24)30)35(32,33)20-9-13-8-14(23)2-3-16(13)25-20/h2-5,8-9,12,15,21,25H,6-7,10-11H2,1H3,(H2,24,30)/p+1. The Morgan fingerprint density at radius 1 is 1.26 bits per heavy atom. The van der Waals surface area contributed by atoms with Crippen LogP contribution in [-0.4, -0.2) is 65.5 Å². The largest absolute Gasteiger partial charge is 0.370 e. The molecule has 0 bridgehead atoms. The number of aromatic amines is 1. The minimum absolute atomic E-state index is 0.0312. The first-order valence-electron chi connectivity index (χ1n) is 10.9. The Morgan fingerprint density at radius 2 is 2.06 bits per heavy atom. The number of aromatic nitrogens is 2. The van der Waals surface area contributed by atoms with Gasteiger partial charge >= 0.3 is 0 Å². The van der Waals surface area contributed by atoms with Crippen LogP contribution in [0.4, 0.5) is 5.69 Å². The van der Waals surface area contributed by atoms with Crippen molar-refractivity contribution in [1.82, 2.24) is 14.2 Å². The SMILES string of the molecule is C[n+]1ccc2c(c1)SC(C(=O)N1CCN(S(=O)(=O)c3cc4cc(Cl)ccc4[nH]3)CC1CC(N)=O)N2. The van der Waals surface area contributed by atoms with E-state index in [2.05, 4.69) is 10.3 Å². The Hall–Kier alpha value is -2.80. The van der Waals surface area contributed by atoms with Gasteiger partial charge in [-0.2, -0.15) is 4.31 Å². The van der Waals surface area contributed by atoms with Crippen LogP contribution in [-0.2, 0) is 26.7 Å². The minimum Gasteiger partial charge on any atom is -0.370 e. The predicted octanol–water partition coefficient (Wildman–Crippen LogP) is 1.27. The van der Waals surface area contributed by atoms with Crippen LogP contribution >= 0.6 is 23.4 Å². The van der Waals surface area contributed by atoms with Gasteiger partial charge in [0.05, 0.1) is 16.6 Å². The van der Waals surface area contributed by atoms with E-state index in [-0.39, 0.29) is 37.0 Å². The van der Waals surface area contributed by atoms with Gasteiger partial charge in [-0.1, -0.05) is 23.4 Å². The summed E-state index contributed by atoms with van der Waals surface area (Å²) in [5, 5.41) is 3.86. The third-order valence-corrected chi connectivity index (χ3v) is 9.32. The maximum Gasteiger partial charge on any atom is 0.258 e. The molecule has 2 aliphatic heterocycles. The summed E-state index contributed by atoms with van der Waals surface area (Å²) in [6, 6.07) is 7.83. The number of benzene rings is 1. The van der Waals surface area contributed by atoms with Crippen LogP contribution in [0.25, 0.3) is 10.9 Å². The minimum atomic E-state index is -3.90. The number of amides is 2. The van der Waals surface area contributed by atoms with E-state index in [1.807, 2.05) is 30.1 Å². The molecule has 1 fully saturated rings. The van der Waals surface area contributed by atoms with Crippen LogP contribution in [0, 0.1) is 0 Å². The molecule has 2 aliphatic rings. The van der Waals surface area contributed by atoms with Crippen molar-refractivity contribution in [3.05, 3.63) is 47.7 Å². The maximum absolute atomic E-state index is 13.4. The van der Waals surface area contributed by atoms with Crippen molar-refractivity contribution in [2.24, 2.45) is 12.8 Å². The predicted molar refractivity (Wildman–Crippen MR) is 132 cm³/mol. The summed E-state index contributed by atoms with van der Waals surface area (Å²) in [5.41, 5.74) is 6.97. The number of hydrogen-bond acceptors (Lipinski definition) is 6. The smallest absolute Gasteiger partial charge is 0.258 e. The number of primary amides is 1. The number of anilines is 1. The number of piperazine rings is 1. The van der Waals surface area contributed by atoms with Gasteiger partial charge in [-0.25, -0.2) is 13.0 Å². The molecule has 4 heterocycles. The Kier molecular flexibility index (Phi) is 6.16. The molecular weight excluding hydrogens is 512 g/mol. The molecule has 4 N–H and O–H groups in total. The fourth-order valence-corrected chi connectivity index (χ4v) is 7.26. The summed E-state index contributed by atoms with van der Waals surface area (Å²) in [4.78, 5) is 30.7. The quantitative estimate of drug-likeness (QED) is 0.421. The number of H-pyrrole nitrogens is 1. The number of rotatable bonds is 5. The lowest BCUT2D eigenvalue weighted by atomic mass is 10.1. The van der Waals surface area contributed by atoms with Crippen molar-refractivity contribution >= 4 is 61.8 Å². The average molecular weight is 536 g/mol. The zero-order valence-electron chi connectivity index (χ0n) is 18.8. The number of nitrogens with one attached hydrogen (secondary N) is 2. The number of halogens is 1. The topological polar surface area (TPSA) is 132 Å². The van der Waals surface area contributed by atoms with Crippen LogP contribution in [0.3, 0.4) is 0 Å². The van der Waals surface area contributed by atoms with Gasteiger partial charge in [0.1, 0.15) is 12.1 Å². The third kappa shape index (κ3) is 4.58. The number of carbonyl (C=O) groups excluding carboxylic acids is 2. The second kappa shape index (κ2) is 9.01. The van der Waals surface area contributed by atoms with Crippen molar-refractivity contribution in [3.8, 4) is 0 Å². The normalized spacial score (nSPS) is 20.6. The van der Waals surface area contributed by atoms with E-state index >= 15 is 0 Å². The number of nitrogens with two attached hydrogens (primary N) is 1. The van der Waals surface area contributed by atoms with Crippen LogP contribution in [0.5, 0.6) is 0 Å². The fraction of sp³-hybridized carbons (Fsp3) is 0.318. The summed E-state index contributed by atoms with van der Waals surface area (Å²) < 4.78 is 30.0. The van der Waals surface area contributed by atoms with Crippen LogP contribution in [0.15, 0.2) is 52.6 Å². The summed E-state index contributed by atoms with van der Waals surface area (Å²) in [7, 11) is -2.00. The van der Waals surface area contributed by atoms with Gasteiger partial charge in [0.2, 0.25) is 5.91 Å². The number of nitrogens with zero attached hydrogens (tertiary/aromatic N) is 3. The Bertz CT molecular complexity index is 1440. The number of aryl methyl sites for hydroxylation is 1. The lowest BCUT2D eigenvalue weighted by molar-refractivity contribution is -0.673. The number of fused-ring (bicyclic) bond motifs is 2. The first-order valence-corrected chi connectivity index (χ1v) is 13.6. The van der Waals surface area contributed by atoms with Crippen molar-refractivity contribution < 1.29 is 22.6 Å². The molecule has 2 unspecified atom stereocenters. The molecule has 2 amide bonds. The number of thioether (sulfide) groups is 1. The number of carbonyl (C=O) groups is 2. The summed E-state index contributed by atoms with van der Waals surface area (Å²) in [6.07, 6.45) is 3.68. The molecule has 184 valence electrons. The highest BCUT2D eigenvalue weighted by Crippen LogP contribution is 2.38. The number of pyridine rings is 1. The van der Waals surface area contributed by atoms with E-state index in [1.54, 1.807) is 23.1 Å². The van der Waals surface area contributed by atoms with Crippen molar-refractivity contribution in [2.45, 2.75) is 27.8 Å². The van der Waals surface area contributed by atoms with Crippen molar-refractivity contribution in [2.75, 3.05) is 25.0 Å². The number of sulfonamides is 1. The Morgan fingerprint density at radius 3 is 2.83 bits per heavy atom. The van der Waals surface area contributed by atoms with E-state index in [9.17, 15) is 18.0 Å². The molecule has 2 atom stereocenters. The summed E-state index contributed by atoms with van der Waals surface area (Å²) in [6.45, 7) is 0.204. The first kappa shape index (κ1) is 23.9. The summed E-state index contributed by atoms with van der Waals surface area (Å²) >= 11 is 7.43. The average Bonchev–Trinajstić information content (AvgIpc) is 3.42. The van der Waals surface area contributed by atoms with Crippen LogP contribution in [0.2, 0.25) is 5.02 Å². The van der Waals surface area contributed by atoms with Gasteiger partial charge in [-0.05, 0) is 24.3 Å². The first-order chi connectivity index (χ1) is 16.6. The number of hydrogen-bond donors (Lipinski definition) is 3. The maximum atomic E-state index is 13.4. The molecule has 0 spiro atoms. The lowest BCUT2D eigenvalue weighted by Crippen LogP contribution is -2.59. The van der Waals surface area contributed by atoms with Gasteiger partial charge in [0, 0.05) is 48.0 Å². The lowest BCUT2D eigenvalue weighted by Gasteiger charge is -2.41. The molecule has 2 aromatic heterocycles. The second-order valence-corrected chi connectivity index (χ2v) is 12.1. The second-order valence-electron chi connectivity index (χ2n) is 8.61. The van der Waals surface area contributed by atoms with Crippen LogP contribution in [0.1, 0.15) is 6.42 Å². The van der Waals surface area contributed by atoms with Gasteiger partial charge in [0.15, 0.2) is 17.8 Å². The Labute approximate surface area is 211 Å². The van der Waals surface area contributed by atoms with Gasteiger partial charge in [-0.15, -0.1) is 0 Å². The van der Waals surface area contributed by atoms with Gasteiger partial charge < -0.3 is 20.9 Å². The molecule has 5 rings (SSSR count). The summed E-state index contributed by atoms with van der Waals surface area (Å²) in [5.74, 6) is -0.813. The highest BCUT2D eigenvalue weighted by molar-refractivity contribution is 8.01. The van der Waals surface area contributed by atoms with E-state index in [0.717, 1.165) is 10.6 Å². The van der Waals surface area contributed by atoms with Crippen molar-refractivity contribution in [1.29, 1.82) is 0 Å². The molecule has 13 heteroatoms. The highest BCUT2D eigenvalue weighted by Gasteiger charge is 2.41. The molecule has 35 heavy (non-hydrogen) atoms. The van der Waals surface area contributed by atoms with Crippen LogP contribution < -0.4 is 15.6 Å². The van der Waals surface area contributed by atoms with E-state index in [4.69, 9.17) is 17.3 Å². The fourth-order valence-electron chi connectivity index (χ4n) is 4.44. The molecule has 3 aromatic rings. The molecule has 1 aromatic carbocycles. The van der Waals surface area contributed by atoms with E-state index in [0.29, 0.717) is 15.9 Å². The monoisotopic (exact) mass is 535 g/mol. The van der Waals surface area contributed by atoms with E-state index in [1.165, 1.54) is 22.1 Å². The zero-order chi connectivity index (χ0) is 24.9. The van der Waals surface area contributed by atoms with E-state index < -0.39 is 27.3 Å². The molecule has 0 aliphatic carbocycles. The molecule has 10 nitrogen and oxygen atoms in total. The molecule has 0 radical (unpaired) electrons. The van der Waals surface area contributed by atoms with Gasteiger partial charge in [-0.3, -0.25) is 9.59 Å². The molecule has 1 saturated heterocycles. The highest BCUT2D eigenvalue weighted by atomic mass is 35.5. The van der Waals surface area contributed by atoms with Crippen molar-refractivity contribution in [3.63, 3.8) is 0 Å². The third-order valence-electron chi connectivity index (χ3n) is 6.16.